The third kappa shape index (κ3) is 5.30. The van der Waals surface area contributed by atoms with Gasteiger partial charge >= 0.3 is 0 Å². The van der Waals surface area contributed by atoms with Gasteiger partial charge < -0.3 is 9.13 Å². The molecule has 1 amide bonds. The van der Waals surface area contributed by atoms with Crippen LogP contribution in [-0.4, -0.2) is 21.3 Å². The number of halogens is 1. The molecule has 6 rings (SSSR count). The molecule has 5 nitrogen and oxygen atoms in total. The lowest BCUT2D eigenvalue weighted by Gasteiger charge is -2.15. The van der Waals surface area contributed by atoms with E-state index in [2.05, 4.69) is 51.5 Å². The average molecular weight is 553 g/mol. The Morgan fingerprint density at radius 2 is 1.21 bits per heavy atom. The number of carbonyl (C=O) groups excluding carboxylic acids is 1. The zero-order chi connectivity index (χ0) is 29.1. The molecule has 42 heavy (non-hydrogen) atoms. The Balaban J connectivity index is 1.23. The molecule has 1 N–H and O–H groups in total. The highest BCUT2D eigenvalue weighted by Crippen LogP contribution is 2.32. The number of nitrogens with zero attached hydrogens (tertiary/aromatic N) is 3. The summed E-state index contributed by atoms with van der Waals surface area (Å²) in [4.78, 5) is 12.9. The van der Waals surface area contributed by atoms with E-state index >= 15 is 0 Å². The van der Waals surface area contributed by atoms with Crippen LogP contribution in [0.2, 0.25) is 0 Å². The molecule has 2 heterocycles. The molecule has 6 aromatic rings. The summed E-state index contributed by atoms with van der Waals surface area (Å²) in [5.41, 5.74) is 12.1. The van der Waals surface area contributed by atoms with Crippen molar-refractivity contribution in [2.24, 2.45) is 5.10 Å². The summed E-state index contributed by atoms with van der Waals surface area (Å²) in [6, 6.07) is 40.6. The second-order valence-electron chi connectivity index (χ2n) is 10.1. The van der Waals surface area contributed by atoms with Crippen LogP contribution in [0, 0.1) is 19.7 Å². The summed E-state index contributed by atoms with van der Waals surface area (Å²) in [7, 11) is 0. The zero-order valence-corrected chi connectivity index (χ0v) is 23.3. The summed E-state index contributed by atoms with van der Waals surface area (Å²) in [5.74, 6) is -0.579. The van der Waals surface area contributed by atoms with E-state index in [1.54, 1.807) is 18.3 Å². The van der Waals surface area contributed by atoms with Crippen LogP contribution >= 0.6 is 0 Å². The molecule has 0 fully saturated rings. The molecule has 206 valence electrons. The van der Waals surface area contributed by atoms with Crippen molar-refractivity contribution in [1.29, 1.82) is 0 Å². The Kier molecular flexibility index (Phi) is 7.35. The highest BCUT2D eigenvalue weighted by atomic mass is 19.1. The van der Waals surface area contributed by atoms with Crippen LogP contribution in [0.3, 0.4) is 0 Å². The van der Waals surface area contributed by atoms with E-state index in [0.29, 0.717) is 5.56 Å². The molecule has 0 spiro atoms. The molecule has 6 heteroatoms. The van der Waals surface area contributed by atoms with E-state index in [0.717, 1.165) is 50.8 Å². The van der Waals surface area contributed by atoms with E-state index in [1.807, 2.05) is 85.1 Å². The van der Waals surface area contributed by atoms with Gasteiger partial charge in [0.2, 0.25) is 0 Å². The van der Waals surface area contributed by atoms with Gasteiger partial charge in [-0.2, -0.15) is 5.10 Å². The minimum atomic E-state index is -0.302. The van der Waals surface area contributed by atoms with Crippen molar-refractivity contribution in [2.75, 3.05) is 0 Å². The van der Waals surface area contributed by atoms with Crippen LogP contribution in [0.25, 0.3) is 33.9 Å². The molecule has 0 aliphatic rings. The number of carbonyl (C=O) groups is 1. The first kappa shape index (κ1) is 26.7. The molecule has 0 aliphatic heterocycles. The van der Waals surface area contributed by atoms with Crippen molar-refractivity contribution in [3.8, 4) is 33.9 Å². The number of hydrogen-bond acceptors (Lipinski definition) is 2. The second kappa shape index (κ2) is 11.6. The first-order valence-corrected chi connectivity index (χ1v) is 13.7. The fourth-order valence-electron chi connectivity index (χ4n) is 5.28. The number of rotatable bonds is 7. The van der Waals surface area contributed by atoms with Gasteiger partial charge in [0.25, 0.3) is 5.91 Å². The first-order valence-electron chi connectivity index (χ1n) is 13.7. The molecular weight excluding hydrogens is 523 g/mol. The third-order valence-electron chi connectivity index (χ3n) is 7.33. The largest absolute Gasteiger partial charge is 0.318 e. The zero-order valence-electron chi connectivity index (χ0n) is 23.3. The predicted octanol–water partition coefficient (Wildman–Crippen LogP) is 8.12. The van der Waals surface area contributed by atoms with Gasteiger partial charge in [0.1, 0.15) is 5.82 Å². The van der Waals surface area contributed by atoms with Gasteiger partial charge in [-0.25, -0.2) is 9.82 Å². The average Bonchev–Trinajstić information content (AvgIpc) is 3.59. The molecule has 0 atom stereocenters. The van der Waals surface area contributed by atoms with Gasteiger partial charge in [-0.3, -0.25) is 4.79 Å². The van der Waals surface area contributed by atoms with Crippen LogP contribution in [-0.2, 0) is 0 Å². The number of hydrogen-bond donors (Lipinski definition) is 1. The van der Waals surface area contributed by atoms with E-state index in [-0.39, 0.29) is 11.7 Å². The first-order chi connectivity index (χ1) is 20.5. The van der Waals surface area contributed by atoms with Crippen LogP contribution in [0.15, 0.2) is 132 Å². The lowest BCUT2D eigenvalue weighted by Crippen LogP contribution is -2.17. The topological polar surface area (TPSA) is 51.3 Å². The van der Waals surface area contributed by atoms with Gasteiger partial charge in [0.05, 0.1) is 17.6 Å². The van der Waals surface area contributed by atoms with Crippen LogP contribution < -0.4 is 5.43 Å². The number of hydrazone groups is 1. The maximum atomic E-state index is 13.4. The van der Waals surface area contributed by atoms with Crippen molar-refractivity contribution in [2.45, 2.75) is 13.8 Å². The molecule has 0 radical (unpaired) electrons. The lowest BCUT2D eigenvalue weighted by molar-refractivity contribution is 0.0955. The summed E-state index contributed by atoms with van der Waals surface area (Å²) in [6.45, 7) is 3.94. The van der Waals surface area contributed by atoms with Crippen LogP contribution in [0.5, 0.6) is 0 Å². The Labute approximate surface area is 244 Å². The molecule has 0 saturated carbocycles. The predicted molar refractivity (Wildman–Crippen MR) is 167 cm³/mol. The lowest BCUT2D eigenvalue weighted by atomic mass is 10.1. The van der Waals surface area contributed by atoms with Crippen molar-refractivity contribution >= 4 is 12.1 Å². The maximum Gasteiger partial charge on any atom is 0.271 e. The number of aryl methyl sites for hydroxylation is 1. The standard InChI is InChI=1S/C36H29FN4O/c1-25-23-30(26(2)40(25)32-19-15-31(37)16-20-32)24-38-39-36(42)29-13-17-33(18-14-29)41-34(27-9-5-3-6-10-27)21-22-35(41)28-11-7-4-8-12-28/h3-24H,1-2H3,(H,39,42)/b38-24-. The minimum absolute atomic E-state index is 0.277. The van der Waals surface area contributed by atoms with E-state index in [1.165, 1.54) is 12.1 Å². The van der Waals surface area contributed by atoms with Crippen LogP contribution in [0.1, 0.15) is 27.3 Å². The quantitative estimate of drug-likeness (QED) is 0.158. The van der Waals surface area contributed by atoms with Crippen molar-refractivity contribution in [1.82, 2.24) is 14.6 Å². The van der Waals surface area contributed by atoms with E-state index < -0.39 is 0 Å². The Morgan fingerprint density at radius 3 is 1.79 bits per heavy atom. The van der Waals surface area contributed by atoms with Crippen molar-refractivity contribution in [3.05, 3.63) is 156 Å². The number of aromatic nitrogens is 2. The monoisotopic (exact) mass is 552 g/mol. The van der Waals surface area contributed by atoms with E-state index in [9.17, 15) is 9.18 Å². The van der Waals surface area contributed by atoms with Gasteiger partial charge in [-0.15, -0.1) is 0 Å². The smallest absolute Gasteiger partial charge is 0.271 e. The minimum Gasteiger partial charge on any atom is -0.318 e. The second-order valence-corrected chi connectivity index (χ2v) is 10.1. The highest BCUT2D eigenvalue weighted by molar-refractivity contribution is 5.95. The molecule has 2 aromatic heterocycles. The third-order valence-corrected chi connectivity index (χ3v) is 7.33. The van der Waals surface area contributed by atoms with E-state index in [4.69, 9.17) is 0 Å². The van der Waals surface area contributed by atoms with Crippen LogP contribution in [0.4, 0.5) is 4.39 Å². The van der Waals surface area contributed by atoms with Crippen molar-refractivity contribution < 1.29 is 9.18 Å². The molecule has 0 bridgehead atoms. The Hall–Kier alpha value is -5.49. The fraction of sp³-hybridized carbons (Fsp3) is 0.0556. The summed E-state index contributed by atoms with van der Waals surface area (Å²) < 4.78 is 17.6. The number of benzene rings is 4. The van der Waals surface area contributed by atoms with Gasteiger partial charge in [0.15, 0.2) is 0 Å². The molecule has 0 unspecified atom stereocenters. The molecule has 0 aliphatic carbocycles. The normalized spacial score (nSPS) is 11.2. The molecular formula is C36H29FN4O. The maximum absolute atomic E-state index is 13.4. The Bertz CT molecular complexity index is 1810. The summed E-state index contributed by atoms with van der Waals surface area (Å²) >= 11 is 0. The fourth-order valence-corrected chi connectivity index (χ4v) is 5.28. The number of amides is 1. The summed E-state index contributed by atoms with van der Waals surface area (Å²) in [5, 5.41) is 4.22. The van der Waals surface area contributed by atoms with Crippen molar-refractivity contribution in [3.63, 3.8) is 0 Å². The molecule has 0 saturated heterocycles. The van der Waals surface area contributed by atoms with Gasteiger partial charge in [0, 0.05) is 33.9 Å². The SMILES string of the molecule is Cc1cc(/C=N\NC(=O)c2ccc(-n3c(-c4ccccc4)ccc3-c3ccccc3)cc2)c(C)n1-c1ccc(F)cc1. The molecule has 4 aromatic carbocycles. The number of nitrogens with one attached hydrogen (secondary N) is 1. The summed E-state index contributed by atoms with van der Waals surface area (Å²) in [6.07, 6.45) is 1.63. The van der Waals surface area contributed by atoms with Gasteiger partial charge in [-0.1, -0.05) is 60.7 Å². The van der Waals surface area contributed by atoms with Gasteiger partial charge in [-0.05, 0) is 91.7 Å². The highest BCUT2D eigenvalue weighted by Gasteiger charge is 2.15. The Morgan fingerprint density at radius 1 is 0.690 bits per heavy atom.